The van der Waals surface area contributed by atoms with Gasteiger partial charge in [0.2, 0.25) is 0 Å². The number of amides is 2. The number of rotatable bonds is 4. The number of benzene rings is 1. The van der Waals surface area contributed by atoms with E-state index in [0.717, 1.165) is 5.56 Å². The molecule has 1 saturated heterocycles. The molecule has 0 saturated carbocycles. The van der Waals surface area contributed by atoms with Gasteiger partial charge in [0.15, 0.2) is 0 Å². The first kappa shape index (κ1) is 15.3. The zero-order chi connectivity index (χ0) is 15.4. The molecule has 0 bridgehead atoms. The zero-order valence-corrected chi connectivity index (χ0v) is 11.9. The largest absolute Gasteiger partial charge is 0.480 e. The van der Waals surface area contributed by atoms with Crippen LogP contribution >= 0.6 is 0 Å². The summed E-state index contributed by atoms with van der Waals surface area (Å²) < 4.78 is 12.8. The molecule has 1 fully saturated rings. The van der Waals surface area contributed by atoms with Gasteiger partial charge < -0.3 is 15.3 Å². The number of hydrogen-bond donors (Lipinski definition) is 2. The summed E-state index contributed by atoms with van der Waals surface area (Å²) in [5.74, 6) is -1.29. The van der Waals surface area contributed by atoms with Crippen molar-refractivity contribution < 1.29 is 19.1 Å². The third kappa shape index (κ3) is 3.71. The molecule has 2 amide bonds. The van der Waals surface area contributed by atoms with Crippen molar-refractivity contribution in [2.24, 2.45) is 5.92 Å². The summed E-state index contributed by atoms with van der Waals surface area (Å²) in [5, 5.41) is 11.9. The van der Waals surface area contributed by atoms with E-state index in [0.29, 0.717) is 25.9 Å². The van der Waals surface area contributed by atoms with Gasteiger partial charge in [-0.2, -0.15) is 0 Å². The molecule has 6 heteroatoms. The predicted octanol–water partition coefficient (Wildman–Crippen LogP) is 1.87. The Kier molecular flexibility index (Phi) is 4.77. The first-order chi connectivity index (χ1) is 9.99. The third-order valence-electron chi connectivity index (χ3n) is 3.82. The van der Waals surface area contributed by atoms with E-state index in [9.17, 15) is 19.1 Å². The average molecular weight is 294 g/mol. The van der Waals surface area contributed by atoms with Gasteiger partial charge in [0.05, 0.1) is 0 Å². The Morgan fingerprint density at radius 1 is 1.38 bits per heavy atom. The molecule has 0 aromatic heterocycles. The van der Waals surface area contributed by atoms with Gasteiger partial charge >= 0.3 is 12.0 Å². The van der Waals surface area contributed by atoms with Gasteiger partial charge in [-0.15, -0.1) is 0 Å². The number of hydrogen-bond acceptors (Lipinski definition) is 2. The van der Waals surface area contributed by atoms with Crippen LogP contribution in [0.25, 0.3) is 0 Å². The van der Waals surface area contributed by atoms with Crippen LogP contribution in [0.2, 0.25) is 0 Å². The second kappa shape index (κ2) is 6.56. The molecule has 1 aromatic rings. The molecule has 5 nitrogen and oxygen atoms in total. The number of aliphatic carboxylic acids is 1. The molecule has 0 radical (unpaired) electrons. The van der Waals surface area contributed by atoms with Crippen LogP contribution in [0, 0.1) is 11.7 Å². The Hall–Kier alpha value is -2.11. The van der Waals surface area contributed by atoms with Crippen LogP contribution < -0.4 is 5.32 Å². The first-order valence-electron chi connectivity index (χ1n) is 7.00. The Labute approximate surface area is 122 Å². The molecule has 2 unspecified atom stereocenters. The van der Waals surface area contributed by atoms with Gasteiger partial charge in [-0.25, -0.2) is 14.0 Å². The maximum Gasteiger partial charge on any atom is 0.326 e. The summed E-state index contributed by atoms with van der Waals surface area (Å²) in [7, 11) is 0. The molecular formula is C15H19FN2O3. The number of halogens is 1. The van der Waals surface area contributed by atoms with E-state index in [2.05, 4.69) is 5.32 Å². The molecule has 1 aliphatic heterocycles. The van der Waals surface area contributed by atoms with E-state index >= 15 is 0 Å². The zero-order valence-electron chi connectivity index (χ0n) is 11.9. The molecule has 1 aliphatic rings. The van der Waals surface area contributed by atoms with Crippen LogP contribution in [0.3, 0.4) is 0 Å². The predicted molar refractivity (Wildman–Crippen MR) is 75.4 cm³/mol. The van der Waals surface area contributed by atoms with Crippen molar-refractivity contribution in [3.63, 3.8) is 0 Å². The molecule has 0 aliphatic carbocycles. The molecule has 1 aromatic carbocycles. The molecule has 2 atom stereocenters. The van der Waals surface area contributed by atoms with E-state index in [1.807, 2.05) is 6.92 Å². The summed E-state index contributed by atoms with van der Waals surface area (Å²) in [4.78, 5) is 24.6. The van der Waals surface area contributed by atoms with Crippen molar-refractivity contribution in [1.82, 2.24) is 10.2 Å². The monoisotopic (exact) mass is 294 g/mol. The highest BCUT2D eigenvalue weighted by Crippen LogP contribution is 2.23. The van der Waals surface area contributed by atoms with Crippen LogP contribution in [-0.4, -0.2) is 41.1 Å². The summed E-state index contributed by atoms with van der Waals surface area (Å²) in [6.07, 6.45) is 1.27. The average Bonchev–Trinajstić information content (AvgIpc) is 2.83. The highest BCUT2D eigenvalue weighted by molar-refractivity contribution is 5.83. The lowest BCUT2D eigenvalue weighted by molar-refractivity contribution is -0.142. The van der Waals surface area contributed by atoms with Crippen LogP contribution in [0.5, 0.6) is 0 Å². The van der Waals surface area contributed by atoms with E-state index in [-0.39, 0.29) is 17.8 Å². The minimum absolute atomic E-state index is 0.0367. The molecule has 2 rings (SSSR count). The highest BCUT2D eigenvalue weighted by atomic mass is 19.1. The summed E-state index contributed by atoms with van der Waals surface area (Å²) in [6.45, 7) is 2.69. The van der Waals surface area contributed by atoms with Gasteiger partial charge in [0.1, 0.15) is 11.9 Å². The highest BCUT2D eigenvalue weighted by Gasteiger charge is 2.39. The maximum absolute atomic E-state index is 12.8. The van der Waals surface area contributed by atoms with Crippen molar-refractivity contribution in [2.75, 3.05) is 13.1 Å². The number of urea groups is 1. The second-order valence-electron chi connectivity index (χ2n) is 5.35. The number of carbonyl (C=O) groups is 2. The van der Waals surface area contributed by atoms with Crippen molar-refractivity contribution in [1.29, 1.82) is 0 Å². The van der Waals surface area contributed by atoms with Crippen LogP contribution in [0.4, 0.5) is 9.18 Å². The van der Waals surface area contributed by atoms with Crippen LogP contribution in [0.1, 0.15) is 18.9 Å². The smallest absolute Gasteiger partial charge is 0.326 e. The van der Waals surface area contributed by atoms with Gasteiger partial charge in [0, 0.05) is 13.1 Å². The fourth-order valence-electron chi connectivity index (χ4n) is 2.62. The molecule has 2 N–H and O–H groups in total. The molecular weight excluding hydrogens is 275 g/mol. The van der Waals surface area contributed by atoms with Gasteiger partial charge in [0.25, 0.3) is 0 Å². The number of carbonyl (C=O) groups excluding carboxylic acids is 1. The molecule has 114 valence electrons. The van der Waals surface area contributed by atoms with Gasteiger partial charge in [-0.05, 0) is 36.5 Å². The van der Waals surface area contributed by atoms with Gasteiger partial charge in [-0.3, -0.25) is 0 Å². The third-order valence-corrected chi connectivity index (χ3v) is 3.82. The number of likely N-dealkylation sites (tertiary alicyclic amines) is 1. The maximum atomic E-state index is 12.8. The molecule has 0 spiro atoms. The van der Waals surface area contributed by atoms with Crippen LogP contribution in [-0.2, 0) is 11.2 Å². The summed E-state index contributed by atoms with van der Waals surface area (Å²) in [5.41, 5.74) is 0.918. The Morgan fingerprint density at radius 3 is 2.67 bits per heavy atom. The van der Waals surface area contributed by atoms with E-state index in [1.165, 1.54) is 17.0 Å². The topological polar surface area (TPSA) is 69.6 Å². The SMILES string of the molecule is CC1CCN(C(=O)NCCc2ccc(F)cc2)C1C(=O)O. The van der Waals surface area contributed by atoms with E-state index in [1.54, 1.807) is 12.1 Å². The lowest BCUT2D eigenvalue weighted by Crippen LogP contribution is -2.47. The second-order valence-corrected chi connectivity index (χ2v) is 5.35. The lowest BCUT2D eigenvalue weighted by atomic mass is 10.0. The van der Waals surface area contributed by atoms with Crippen molar-refractivity contribution >= 4 is 12.0 Å². The number of carboxylic acid groups (broad SMARTS) is 1. The van der Waals surface area contributed by atoms with Crippen molar-refractivity contribution in [2.45, 2.75) is 25.8 Å². The summed E-state index contributed by atoms with van der Waals surface area (Å²) in [6, 6.07) is 4.98. The quantitative estimate of drug-likeness (QED) is 0.890. The van der Waals surface area contributed by atoms with Crippen molar-refractivity contribution in [3.8, 4) is 0 Å². The fourth-order valence-corrected chi connectivity index (χ4v) is 2.62. The normalized spacial score (nSPS) is 21.3. The Bertz CT molecular complexity index is 518. The van der Waals surface area contributed by atoms with E-state index in [4.69, 9.17) is 0 Å². The van der Waals surface area contributed by atoms with Crippen LogP contribution in [0.15, 0.2) is 24.3 Å². The first-order valence-corrected chi connectivity index (χ1v) is 7.00. The molecule has 21 heavy (non-hydrogen) atoms. The standard InChI is InChI=1S/C15H19FN2O3/c1-10-7-9-18(13(10)14(19)20)15(21)17-8-6-11-2-4-12(16)5-3-11/h2-5,10,13H,6-9H2,1H3,(H,17,21)(H,19,20). The fraction of sp³-hybridized carbons (Fsp3) is 0.467. The number of nitrogens with zero attached hydrogens (tertiary/aromatic N) is 1. The summed E-state index contributed by atoms with van der Waals surface area (Å²) >= 11 is 0. The number of carboxylic acids is 1. The lowest BCUT2D eigenvalue weighted by Gasteiger charge is -2.23. The minimum atomic E-state index is -0.964. The molecule has 1 heterocycles. The van der Waals surface area contributed by atoms with E-state index < -0.39 is 12.0 Å². The Morgan fingerprint density at radius 2 is 2.05 bits per heavy atom. The Balaban J connectivity index is 1.84. The minimum Gasteiger partial charge on any atom is -0.480 e. The van der Waals surface area contributed by atoms with Crippen molar-refractivity contribution in [3.05, 3.63) is 35.6 Å². The number of nitrogens with one attached hydrogen (secondary N) is 1. The van der Waals surface area contributed by atoms with Gasteiger partial charge in [-0.1, -0.05) is 19.1 Å².